The summed E-state index contributed by atoms with van der Waals surface area (Å²) in [4.78, 5) is 22.0. The summed E-state index contributed by atoms with van der Waals surface area (Å²) in [6.45, 7) is 2.01. The van der Waals surface area contributed by atoms with E-state index in [-0.39, 0.29) is 11.3 Å². The van der Waals surface area contributed by atoms with Crippen molar-refractivity contribution in [1.82, 2.24) is 10.2 Å². The predicted molar refractivity (Wildman–Crippen MR) is 82.0 cm³/mol. The van der Waals surface area contributed by atoms with Crippen LogP contribution in [0.15, 0.2) is 31.8 Å². The van der Waals surface area contributed by atoms with E-state index in [1.165, 1.54) is 29.5 Å². The van der Waals surface area contributed by atoms with Crippen molar-refractivity contribution < 1.29 is 9.72 Å². The predicted octanol–water partition coefficient (Wildman–Crippen LogP) is 2.81. The molecule has 1 heterocycles. The molecule has 7 nitrogen and oxygen atoms in total. The second kappa shape index (κ2) is 6.87. The van der Waals surface area contributed by atoms with Crippen LogP contribution in [0, 0.1) is 10.1 Å². The van der Waals surface area contributed by atoms with Crippen molar-refractivity contribution in [3.05, 3.63) is 33.9 Å². The molecule has 0 saturated carbocycles. The number of nitrogens with zero attached hydrogens (tertiary/aromatic N) is 3. The van der Waals surface area contributed by atoms with Crippen molar-refractivity contribution in [3.63, 3.8) is 0 Å². The first-order valence-electron chi connectivity index (χ1n) is 5.73. The third-order valence-corrected chi connectivity index (χ3v) is 5.35. The van der Waals surface area contributed by atoms with Gasteiger partial charge in [-0.25, -0.2) is 0 Å². The van der Waals surface area contributed by atoms with E-state index in [4.69, 9.17) is 5.73 Å². The summed E-state index contributed by atoms with van der Waals surface area (Å²) in [5, 5.41) is 19.1. The molecule has 0 aliphatic heterocycles. The van der Waals surface area contributed by atoms with E-state index in [0.717, 1.165) is 21.9 Å². The molecule has 0 spiro atoms. The van der Waals surface area contributed by atoms with Gasteiger partial charge >= 0.3 is 0 Å². The standard InChI is InChI=1S/C11H10N4O3S3/c1-2-19-10-13-14-11(21-10)20-8-4-3-6(9(12)16)5-7(8)15(17)18/h3-5H,2H2,1H3,(H2,12,16). The number of primary amides is 1. The first kappa shape index (κ1) is 15.7. The van der Waals surface area contributed by atoms with Crippen LogP contribution in [0.5, 0.6) is 0 Å². The van der Waals surface area contributed by atoms with Gasteiger partial charge < -0.3 is 5.73 Å². The molecular weight excluding hydrogens is 332 g/mol. The Labute approximate surface area is 132 Å². The van der Waals surface area contributed by atoms with Crippen LogP contribution in [-0.4, -0.2) is 26.8 Å². The number of rotatable bonds is 6. The number of carbonyl (C=O) groups excluding carboxylic acids is 1. The van der Waals surface area contributed by atoms with E-state index in [9.17, 15) is 14.9 Å². The molecule has 1 amide bonds. The average molecular weight is 342 g/mol. The van der Waals surface area contributed by atoms with Crippen LogP contribution in [-0.2, 0) is 0 Å². The number of nitro benzene ring substituents is 1. The molecule has 1 aromatic heterocycles. The van der Waals surface area contributed by atoms with Gasteiger partial charge in [0.15, 0.2) is 8.68 Å². The van der Waals surface area contributed by atoms with E-state index in [1.54, 1.807) is 11.8 Å². The van der Waals surface area contributed by atoms with Crippen LogP contribution >= 0.6 is 34.9 Å². The lowest BCUT2D eigenvalue weighted by Gasteiger charge is -2.01. The average Bonchev–Trinajstić information content (AvgIpc) is 2.86. The number of nitro groups is 1. The number of aromatic nitrogens is 2. The molecule has 0 fully saturated rings. The SMILES string of the molecule is CCSc1nnc(Sc2ccc(C(N)=O)cc2[N+](=O)[O-])s1. The highest BCUT2D eigenvalue weighted by Gasteiger charge is 2.19. The molecule has 0 unspecified atom stereocenters. The van der Waals surface area contributed by atoms with E-state index in [0.29, 0.717) is 9.24 Å². The highest BCUT2D eigenvalue weighted by atomic mass is 32.2. The fourth-order valence-electron chi connectivity index (χ4n) is 1.41. The highest BCUT2D eigenvalue weighted by molar-refractivity contribution is 8.03. The number of carbonyl (C=O) groups is 1. The van der Waals surface area contributed by atoms with Crippen LogP contribution in [0.4, 0.5) is 5.69 Å². The van der Waals surface area contributed by atoms with Gasteiger partial charge in [-0.1, -0.05) is 41.8 Å². The van der Waals surface area contributed by atoms with Gasteiger partial charge in [0.25, 0.3) is 5.69 Å². The summed E-state index contributed by atoms with van der Waals surface area (Å²) in [5.74, 6) is 0.180. The van der Waals surface area contributed by atoms with E-state index < -0.39 is 10.8 Å². The Balaban J connectivity index is 2.29. The Morgan fingerprint density at radius 2 is 2.14 bits per heavy atom. The largest absolute Gasteiger partial charge is 0.366 e. The maximum Gasteiger partial charge on any atom is 0.284 e. The van der Waals surface area contributed by atoms with Crippen molar-refractivity contribution in [2.45, 2.75) is 20.5 Å². The topological polar surface area (TPSA) is 112 Å². The molecule has 2 aromatic rings. The Morgan fingerprint density at radius 1 is 1.43 bits per heavy atom. The fourth-order valence-corrected chi connectivity index (χ4v) is 4.37. The van der Waals surface area contributed by atoms with E-state index in [2.05, 4.69) is 10.2 Å². The second-order valence-electron chi connectivity index (χ2n) is 3.67. The summed E-state index contributed by atoms with van der Waals surface area (Å²) >= 11 is 4.08. The van der Waals surface area contributed by atoms with Crippen molar-refractivity contribution in [2.24, 2.45) is 5.73 Å². The zero-order valence-electron chi connectivity index (χ0n) is 10.8. The molecule has 0 aliphatic carbocycles. The minimum atomic E-state index is -0.702. The van der Waals surface area contributed by atoms with Crippen molar-refractivity contribution in [3.8, 4) is 0 Å². The third-order valence-electron chi connectivity index (χ3n) is 2.29. The molecule has 21 heavy (non-hydrogen) atoms. The maximum absolute atomic E-state index is 11.1. The number of hydrogen-bond acceptors (Lipinski definition) is 8. The van der Waals surface area contributed by atoms with Gasteiger partial charge in [-0.3, -0.25) is 14.9 Å². The molecule has 0 aliphatic rings. The monoisotopic (exact) mass is 342 g/mol. The Kier molecular flexibility index (Phi) is 5.15. The molecule has 10 heteroatoms. The minimum Gasteiger partial charge on any atom is -0.366 e. The molecular formula is C11H10N4O3S3. The summed E-state index contributed by atoms with van der Waals surface area (Å²) in [6, 6.07) is 4.13. The van der Waals surface area contributed by atoms with Crippen molar-refractivity contribution in [2.75, 3.05) is 5.75 Å². The molecule has 110 valence electrons. The zero-order chi connectivity index (χ0) is 15.4. The smallest absolute Gasteiger partial charge is 0.284 e. The summed E-state index contributed by atoms with van der Waals surface area (Å²) < 4.78 is 1.43. The normalized spacial score (nSPS) is 10.5. The molecule has 0 atom stereocenters. The Bertz CT molecular complexity index is 689. The van der Waals surface area contributed by atoms with Gasteiger partial charge in [-0.2, -0.15) is 0 Å². The van der Waals surface area contributed by atoms with Crippen LogP contribution in [0.1, 0.15) is 17.3 Å². The van der Waals surface area contributed by atoms with Crippen LogP contribution in [0.25, 0.3) is 0 Å². The van der Waals surface area contributed by atoms with Crippen LogP contribution in [0.3, 0.4) is 0 Å². The number of amides is 1. The third kappa shape index (κ3) is 3.93. The van der Waals surface area contributed by atoms with Gasteiger partial charge in [0.05, 0.1) is 9.82 Å². The van der Waals surface area contributed by atoms with Gasteiger partial charge in [-0.15, -0.1) is 10.2 Å². The lowest BCUT2D eigenvalue weighted by Crippen LogP contribution is -2.11. The minimum absolute atomic E-state index is 0.102. The van der Waals surface area contributed by atoms with Gasteiger partial charge in [0, 0.05) is 11.6 Å². The van der Waals surface area contributed by atoms with Crippen LogP contribution in [0.2, 0.25) is 0 Å². The van der Waals surface area contributed by atoms with Gasteiger partial charge in [-0.05, 0) is 17.9 Å². The van der Waals surface area contributed by atoms with Gasteiger partial charge in [0.2, 0.25) is 5.91 Å². The molecule has 1 aromatic carbocycles. The molecule has 2 rings (SSSR count). The summed E-state index contributed by atoms with van der Waals surface area (Å²) in [6.07, 6.45) is 0. The summed E-state index contributed by atoms with van der Waals surface area (Å²) in [5.41, 5.74) is 5.06. The first-order valence-corrected chi connectivity index (χ1v) is 8.35. The second-order valence-corrected chi connectivity index (χ2v) is 7.45. The number of thioether (sulfide) groups is 1. The van der Waals surface area contributed by atoms with E-state index in [1.807, 2.05) is 6.92 Å². The van der Waals surface area contributed by atoms with Crippen molar-refractivity contribution in [1.29, 1.82) is 0 Å². The Morgan fingerprint density at radius 3 is 2.76 bits per heavy atom. The Hall–Kier alpha value is -1.65. The molecule has 2 N–H and O–H groups in total. The lowest BCUT2D eigenvalue weighted by atomic mass is 10.2. The molecule has 0 saturated heterocycles. The number of benzene rings is 1. The number of hydrogen-bond donors (Lipinski definition) is 1. The zero-order valence-corrected chi connectivity index (χ0v) is 13.3. The lowest BCUT2D eigenvalue weighted by molar-refractivity contribution is -0.387. The fraction of sp³-hybridized carbons (Fsp3) is 0.182. The highest BCUT2D eigenvalue weighted by Crippen LogP contribution is 2.38. The summed E-state index contributed by atoms with van der Waals surface area (Å²) in [7, 11) is 0. The van der Waals surface area contributed by atoms with Crippen LogP contribution < -0.4 is 5.73 Å². The molecule has 0 radical (unpaired) electrons. The quantitative estimate of drug-likeness (QED) is 0.488. The first-order chi connectivity index (χ1) is 10.0. The van der Waals surface area contributed by atoms with Crippen molar-refractivity contribution >= 4 is 46.5 Å². The van der Waals surface area contributed by atoms with Gasteiger partial charge in [0.1, 0.15) is 0 Å². The maximum atomic E-state index is 11.1. The molecule has 0 bridgehead atoms. The van der Waals surface area contributed by atoms with E-state index >= 15 is 0 Å². The number of nitrogens with two attached hydrogens (primary N) is 1.